The van der Waals surface area contributed by atoms with Gasteiger partial charge in [0.25, 0.3) is 0 Å². The molecule has 0 aliphatic heterocycles. The molecule has 1 atom stereocenters. The second kappa shape index (κ2) is 6.28. The summed E-state index contributed by atoms with van der Waals surface area (Å²) in [5.74, 6) is 0. The van der Waals surface area contributed by atoms with Crippen LogP contribution in [0.4, 0.5) is 5.69 Å². The smallest absolute Gasteiger partial charge is 0.238 e. The van der Waals surface area contributed by atoms with E-state index in [1.54, 1.807) is 12.1 Å². The van der Waals surface area contributed by atoms with Crippen LogP contribution in [-0.2, 0) is 16.4 Å². The minimum absolute atomic E-state index is 0.0759. The summed E-state index contributed by atoms with van der Waals surface area (Å²) in [5, 5.41) is 8.48. The Morgan fingerprint density at radius 2 is 1.62 bits per heavy atom. The molecular weight excluding hydrogens is 284 g/mol. The summed E-state index contributed by atoms with van der Waals surface area (Å²) < 4.78 is 22.5. The Bertz CT molecular complexity index is 692. The van der Waals surface area contributed by atoms with Crippen LogP contribution >= 0.6 is 0 Å². The third-order valence-electron chi connectivity index (χ3n) is 3.45. The Kier molecular flexibility index (Phi) is 4.65. The summed E-state index contributed by atoms with van der Waals surface area (Å²) in [4.78, 5) is 0.130. The minimum atomic E-state index is -3.63. The third-order valence-corrected chi connectivity index (χ3v) is 4.38. The lowest BCUT2D eigenvalue weighted by molar-refractivity contribution is 0.597. The average Bonchev–Trinajstić information content (AvgIpc) is 2.47. The van der Waals surface area contributed by atoms with Crippen molar-refractivity contribution in [1.29, 1.82) is 0 Å². The van der Waals surface area contributed by atoms with Gasteiger partial charge in [0.15, 0.2) is 0 Å². The molecule has 0 radical (unpaired) electrons. The number of sulfonamides is 1. The minimum Gasteiger partial charge on any atom is -0.379 e. The molecule has 3 N–H and O–H groups in total. The Balaban J connectivity index is 2.10. The molecule has 0 aromatic heterocycles. The van der Waals surface area contributed by atoms with Gasteiger partial charge in [-0.3, -0.25) is 0 Å². The van der Waals surface area contributed by atoms with E-state index in [4.69, 9.17) is 5.14 Å². The van der Waals surface area contributed by atoms with E-state index >= 15 is 0 Å². The Morgan fingerprint density at radius 1 is 1.05 bits per heavy atom. The van der Waals surface area contributed by atoms with Gasteiger partial charge < -0.3 is 5.32 Å². The quantitative estimate of drug-likeness (QED) is 0.891. The van der Waals surface area contributed by atoms with Crippen molar-refractivity contribution in [3.8, 4) is 0 Å². The lowest BCUT2D eigenvalue weighted by Crippen LogP contribution is -2.12. The number of primary sulfonamides is 1. The zero-order valence-electron chi connectivity index (χ0n) is 12.2. The molecule has 0 bridgehead atoms. The van der Waals surface area contributed by atoms with Gasteiger partial charge in [0.2, 0.25) is 10.0 Å². The first-order valence-corrected chi connectivity index (χ1v) is 8.43. The van der Waals surface area contributed by atoms with Gasteiger partial charge in [-0.1, -0.05) is 31.2 Å². The predicted octanol–water partition coefficient (Wildman–Crippen LogP) is 3.07. The average molecular weight is 304 g/mol. The molecule has 0 saturated heterocycles. The van der Waals surface area contributed by atoms with E-state index in [9.17, 15) is 8.42 Å². The Hall–Kier alpha value is -1.85. The van der Waals surface area contributed by atoms with Gasteiger partial charge in [-0.15, -0.1) is 0 Å². The summed E-state index contributed by atoms with van der Waals surface area (Å²) in [5.41, 5.74) is 3.34. The van der Waals surface area contributed by atoms with Crippen molar-refractivity contribution in [3.63, 3.8) is 0 Å². The molecule has 0 aliphatic rings. The molecule has 2 aromatic rings. The summed E-state index contributed by atoms with van der Waals surface area (Å²) in [6, 6.07) is 15.0. The largest absolute Gasteiger partial charge is 0.379 e. The highest BCUT2D eigenvalue weighted by atomic mass is 32.2. The van der Waals surface area contributed by atoms with Crippen LogP contribution in [0.5, 0.6) is 0 Å². The van der Waals surface area contributed by atoms with Crippen molar-refractivity contribution >= 4 is 15.7 Å². The molecule has 112 valence electrons. The number of nitrogens with one attached hydrogen (secondary N) is 1. The highest BCUT2D eigenvalue weighted by Crippen LogP contribution is 2.21. The van der Waals surface area contributed by atoms with Crippen molar-refractivity contribution in [2.24, 2.45) is 5.14 Å². The van der Waals surface area contributed by atoms with E-state index < -0.39 is 10.0 Å². The first-order chi connectivity index (χ1) is 9.90. The van der Waals surface area contributed by atoms with Crippen molar-refractivity contribution in [2.45, 2.75) is 31.2 Å². The van der Waals surface area contributed by atoms with Crippen LogP contribution in [0.2, 0.25) is 0 Å². The van der Waals surface area contributed by atoms with E-state index in [-0.39, 0.29) is 10.9 Å². The van der Waals surface area contributed by atoms with Gasteiger partial charge in [0.05, 0.1) is 4.90 Å². The van der Waals surface area contributed by atoms with Gasteiger partial charge in [0, 0.05) is 11.7 Å². The first-order valence-electron chi connectivity index (χ1n) is 6.88. The maximum Gasteiger partial charge on any atom is 0.238 e. The van der Waals surface area contributed by atoms with Crippen molar-refractivity contribution in [2.75, 3.05) is 5.32 Å². The standard InChI is InChI=1S/C16H20N2O2S/c1-3-13-4-8-15(9-5-13)18-12(2)14-6-10-16(11-7-14)21(17,19)20/h4-12,18H,3H2,1-2H3,(H2,17,19,20). The van der Waals surface area contributed by atoms with Gasteiger partial charge >= 0.3 is 0 Å². The molecule has 0 aliphatic carbocycles. The molecule has 4 nitrogen and oxygen atoms in total. The van der Waals surface area contributed by atoms with Crippen molar-refractivity contribution < 1.29 is 8.42 Å². The van der Waals surface area contributed by atoms with Gasteiger partial charge in [-0.05, 0) is 48.7 Å². The van der Waals surface area contributed by atoms with Crippen LogP contribution < -0.4 is 10.5 Å². The molecule has 5 heteroatoms. The lowest BCUT2D eigenvalue weighted by atomic mass is 10.1. The first kappa shape index (κ1) is 15.5. The van der Waals surface area contributed by atoms with Gasteiger partial charge in [-0.25, -0.2) is 13.6 Å². The lowest BCUT2D eigenvalue weighted by Gasteiger charge is -2.16. The van der Waals surface area contributed by atoms with Crippen LogP contribution in [-0.4, -0.2) is 8.42 Å². The van der Waals surface area contributed by atoms with Crippen LogP contribution in [0, 0.1) is 0 Å². The maximum absolute atomic E-state index is 11.2. The molecule has 0 spiro atoms. The van der Waals surface area contributed by atoms with Gasteiger partial charge in [0.1, 0.15) is 0 Å². The highest BCUT2D eigenvalue weighted by Gasteiger charge is 2.09. The normalized spacial score (nSPS) is 12.9. The van der Waals surface area contributed by atoms with E-state index in [0.29, 0.717) is 0 Å². The van der Waals surface area contributed by atoms with Crippen LogP contribution in [0.3, 0.4) is 0 Å². The second-order valence-electron chi connectivity index (χ2n) is 5.03. The SMILES string of the molecule is CCc1ccc(NC(C)c2ccc(S(N)(=O)=O)cc2)cc1. The summed E-state index contributed by atoms with van der Waals surface area (Å²) in [6.07, 6.45) is 1.02. The number of rotatable bonds is 5. The summed E-state index contributed by atoms with van der Waals surface area (Å²) in [7, 11) is -3.63. The highest BCUT2D eigenvalue weighted by molar-refractivity contribution is 7.89. The fourth-order valence-corrected chi connectivity index (χ4v) is 2.63. The monoisotopic (exact) mass is 304 g/mol. The van der Waals surface area contributed by atoms with Crippen molar-refractivity contribution in [3.05, 3.63) is 59.7 Å². The van der Waals surface area contributed by atoms with Crippen LogP contribution in [0.15, 0.2) is 53.4 Å². The number of anilines is 1. The fourth-order valence-electron chi connectivity index (χ4n) is 2.12. The molecule has 2 aromatic carbocycles. The number of benzene rings is 2. The molecule has 0 heterocycles. The summed E-state index contributed by atoms with van der Waals surface area (Å²) >= 11 is 0. The number of aryl methyl sites for hydroxylation is 1. The van der Waals surface area contributed by atoms with Gasteiger partial charge in [-0.2, -0.15) is 0 Å². The molecular formula is C16H20N2O2S. The van der Waals surface area contributed by atoms with E-state index in [2.05, 4.69) is 24.4 Å². The van der Waals surface area contributed by atoms with Crippen molar-refractivity contribution in [1.82, 2.24) is 0 Å². The molecule has 1 unspecified atom stereocenters. The molecule has 0 saturated carbocycles. The topological polar surface area (TPSA) is 72.2 Å². The Labute approximate surface area is 126 Å². The molecule has 0 fully saturated rings. The molecule has 2 rings (SSSR count). The predicted molar refractivity (Wildman–Crippen MR) is 85.7 cm³/mol. The maximum atomic E-state index is 11.2. The molecule has 21 heavy (non-hydrogen) atoms. The Morgan fingerprint density at radius 3 is 2.10 bits per heavy atom. The number of hydrogen-bond acceptors (Lipinski definition) is 3. The fraction of sp³-hybridized carbons (Fsp3) is 0.250. The van der Waals surface area contributed by atoms with E-state index in [1.165, 1.54) is 17.7 Å². The van der Waals surface area contributed by atoms with E-state index in [0.717, 1.165) is 17.7 Å². The third kappa shape index (κ3) is 4.06. The van der Waals surface area contributed by atoms with E-state index in [1.807, 2.05) is 19.1 Å². The zero-order chi connectivity index (χ0) is 15.5. The number of hydrogen-bond donors (Lipinski definition) is 2. The van der Waals surface area contributed by atoms with Crippen LogP contribution in [0.25, 0.3) is 0 Å². The second-order valence-corrected chi connectivity index (χ2v) is 6.59. The van der Waals surface area contributed by atoms with Crippen LogP contribution in [0.1, 0.15) is 31.0 Å². The summed E-state index contributed by atoms with van der Waals surface area (Å²) in [6.45, 7) is 4.15. The molecule has 0 amide bonds. The zero-order valence-corrected chi connectivity index (χ0v) is 13.0. The number of nitrogens with two attached hydrogens (primary N) is 1.